The lowest BCUT2D eigenvalue weighted by atomic mass is 9.62. The molecule has 124 valence electrons. The third-order valence-corrected chi connectivity index (χ3v) is 5.85. The van der Waals surface area contributed by atoms with Crippen LogP contribution in [0.3, 0.4) is 0 Å². The Balaban J connectivity index is 2.28. The van der Waals surface area contributed by atoms with Gasteiger partial charge < -0.3 is 5.11 Å². The van der Waals surface area contributed by atoms with Crippen molar-refractivity contribution < 1.29 is 5.11 Å². The topological polar surface area (TPSA) is 20.2 Å². The van der Waals surface area contributed by atoms with Gasteiger partial charge in [-0.2, -0.15) is 0 Å². The monoisotopic (exact) mass is 294 g/mol. The Labute approximate surface area is 133 Å². The fraction of sp³-hybridized carbons (Fsp3) is 0.900. The van der Waals surface area contributed by atoms with E-state index in [4.69, 9.17) is 5.11 Å². The quantitative estimate of drug-likeness (QED) is 0.546. The highest BCUT2D eigenvalue weighted by Gasteiger charge is 2.36. The van der Waals surface area contributed by atoms with Crippen molar-refractivity contribution in [2.45, 2.75) is 86.0 Å². The molecule has 1 rings (SSSR count). The van der Waals surface area contributed by atoms with Crippen LogP contribution in [-0.2, 0) is 0 Å². The molecule has 0 aromatic heterocycles. The molecule has 1 nitrogen and oxygen atoms in total. The zero-order chi connectivity index (χ0) is 15.9. The molecule has 0 aliphatic heterocycles. The van der Waals surface area contributed by atoms with Gasteiger partial charge in [0.05, 0.1) is 6.61 Å². The van der Waals surface area contributed by atoms with Crippen molar-refractivity contribution in [2.24, 2.45) is 23.2 Å². The number of aliphatic hydroxyl groups excluding tert-OH is 1. The predicted octanol–water partition coefficient (Wildman–Crippen LogP) is 5.97. The van der Waals surface area contributed by atoms with Crippen LogP contribution in [0, 0.1) is 23.2 Å². The van der Waals surface area contributed by atoms with Crippen LogP contribution in [0.15, 0.2) is 11.6 Å². The molecule has 0 bridgehead atoms. The molecule has 1 fully saturated rings. The molecular weight excluding hydrogens is 256 g/mol. The average molecular weight is 295 g/mol. The highest BCUT2D eigenvalue weighted by atomic mass is 16.2. The molecule has 1 heteroatoms. The number of hydrogen-bond donors (Lipinski definition) is 1. The van der Waals surface area contributed by atoms with E-state index in [0.29, 0.717) is 5.41 Å². The lowest BCUT2D eigenvalue weighted by Crippen LogP contribution is -2.33. The van der Waals surface area contributed by atoms with Gasteiger partial charge in [-0.25, -0.2) is 0 Å². The van der Waals surface area contributed by atoms with Gasteiger partial charge in [0.25, 0.3) is 0 Å². The molecule has 21 heavy (non-hydrogen) atoms. The van der Waals surface area contributed by atoms with Crippen LogP contribution in [0.5, 0.6) is 0 Å². The van der Waals surface area contributed by atoms with Crippen LogP contribution < -0.4 is 0 Å². The summed E-state index contributed by atoms with van der Waals surface area (Å²) in [4.78, 5) is 0. The van der Waals surface area contributed by atoms with E-state index in [2.05, 4.69) is 34.6 Å². The van der Waals surface area contributed by atoms with Crippen molar-refractivity contribution >= 4 is 0 Å². The zero-order valence-electron chi connectivity index (χ0n) is 15.1. The van der Waals surface area contributed by atoms with Crippen molar-refractivity contribution in [3.8, 4) is 0 Å². The van der Waals surface area contributed by atoms with Gasteiger partial charge in [-0.05, 0) is 55.8 Å². The van der Waals surface area contributed by atoms with Crippen LogP contribution >= 0.6 is 0 Å². The Bertz CT molecular complexity index is 316. The molecule has 0 amide bonds. The molecule has 0 heterocycles. The molecule has 1 aliphatic carbocycles. The van der Waals surface area contributed by atoms with E-state index in [1.54, 1.807) is 0 Å². The number of rotatable bonds is 8. The van der Waals surface area contributed by atoms with Crippen molar-refractivity contribution in [1.29, 1.82) is 0 Å². The van der Waals surface area contributed by atoms with E-state index in [0.717, 1.165) is 24.2 Å². The number of hydrogen-bond acceptors (Lipinski definition) is 1. The second kappa shape index (κ2) is 8.98. The molecule has 0 spiro atoms. The number of allylic oxidation sites excluding steroid dienone is 1. The van der Waals surface area contributed by atoms with Crippen LogP contribution in [0.25, 0.3) is 0 Å². The van der Waals surface area contributed by atoms with E-state index in [-0.39, 0.29) is 6.61 Å². The Morgan fingerprint density at radius 2 is 2.05 bits per heavy atom. The van der Waals surface area contributed by atoms with Gasteiger partial charge in [0.1, 0.15) is 0 Å². The smallest absolute Gasteiger partial charge is 0.0614 e. The second-order valence-electron chi connectivity index (χ2n) is 8.27. The first-order valence-electron chi connectivity index (χ1n) is 9.13. The van der Waals surface area contributed by atoms with Gasteiger partial charge in [-0.3, -0.25) is 0 Å². The first kappa shape index (κ1) is 18.7. The van der Waals surface area contributed by atoms with Crippen LogP contribution in [-0.4, -0.2) is 11.7 Å². The fourth-order valence-electron chi connectivity index (χ4n) is 4.31. The summed E-state index contributed by atoms with van der Waals surface area (Å²) >= 11 is 0. The molecule has 0 saturated heterocycles. The first-order valence-corrected chi connectivity index (χ1v) is 9.13. The van der Waals surface area contributed by atoms with Crippen molar-refractivity contribution in [2.75, 3.05) is 6.61 Å². The fourth-order valence-corrected chi connectivity index (χ4v) is 4.31. The lowest BCUT2D eigenvalue weighted by molar-refractivity contribution is 0.0707. The molecule has 1 aliphatic rings. The molecule has 1 saturated carbocycles. The summed E-state index contributed by atoms with van der Waals surface area (Å²) in [5.74, 6) is 2.68. The maximum absolute atomic E-state index is 8.87. The van der Waals surface area contributed by atoms with Crippen molar-refractivity contribution in [3.63, 3.8) is 0 Å². The third-order valence-electron chi connectivity index (χ3n) is 5.85. The van der Waals surface area contributed by atoms with E-state index < -0.39 is 0 Å². The van der Waals surface area contributed by atoms with E-state index in [9.17, 15) is 0 Å². The summed E-state index contributed by atoms with van der Waals surface area (Å²) in [7, 11) is 0. The Hall–Kier alpha value is -0.300. The standard InChI is InChI=1S/C20H38O/c1-16(8-6-9-17(2)13-15-21)11-12-19-18(3)10-7-14-20(19,4)5/h13,16,18-19,21H,6-12,14-15H2,1-5H3/b17-13+/t16?,18-,19-/m0/s1. The van der Waals surface area contributed by atoms with E-state index in [1.165, 1.54) is 50.5 Å². The minimum atomic E-state index is 0.191. The third kappa shape index (κ3) is 6.55. The normalized spacial score (nSPS) is 27.6. The predicted molar refractivity (Wildman–Crippen MR) is 93.4 cm³/mol. The first-order chi connectivity index (χ1) is 9.86. The van der Waals surface area contributed by atoms with Gasteiger partial charge in [0.2, 0.25) is 0 Å². The molecule has 3 atom stereocenters. The highest BCUT2D eigenvalue weighted by Crippen LogP contribution is 2.46. The summed E-state index contributed by atoms with van der Waals surface area (Å²) in [5, 5.41) is 8.87. The molecule has 0 aromatic carbocycles. The largest absolute Gasteiger partial charge is 0.392 e. The van der Waals surface area contributed by atoms with E-state index >= 15 is 0 Å². The molecule has 0 radical (unpaired) electrons. The minimum absolute atomic E-state index is 0.191. The highest BCUT2D eigenvalue weighted by molar-refractivity contribution is 4.97. The lowest BCUT2D eigenvalue weighted by Gasteiger charge is -2.43. The zero-order valence-corrected chi connectivity index (χ0v) is 15.1. The van der Waals surface area contributed by atoms with Gasteiger partial charge in [0.15, 0.2) is 0 Å². The van der Waals surface area contributed by atoms with Gasteiger partial charge in [-0.1, -0.05) is 65.0 Å². The Kier molecular flexibility index (Phi) is 8.02. The summed E-state index contributed by atoms with van der Waals surface area (Å²) in [6.45, 7) is 12.2. The molecule has 1 unspecified atom stereocenters. The van der Waals surface area contributed by atoms with Crippen LogP contribution in [0.2, 0.25) is 0 Å². The maximum atomic E-state index is 8.87. The Morgan fingerprint density at radius 1 is 1.33 bits per heavy atom. The van der Waals surface area contributed by atoms with Crippen molar-refractivity contribution in [1.82, 2.24) is 0 Å². The summed E-state index contributed by atoms with van der Waals surface area (Å²) in [6.07, 6.45) is 12.8. The van der Waals surface area contributed by atoms with Crippen LogP contribution in [0.1, 0.15) is 86.0 Å². The maximum Gasteiger partial charge on any atom is 0.0614 e. The van der Waals surface area contributed by atoms with E-state index in [1.807, 2.05) is 6.08 Å². The summed E-state index contributed by atoms with van der Waals surface area (Å²) < 4.78 is 0. The second-order valence-corrected chi connectivity index (χ2v) is 8.27. The minimum Gasteiger partial charge on any atom is -0.392 e. The Morgan fingerprint density at radius 3 is 2.67 bits per heavy atom. The SMILES string of the molecule is C/C(=C\CO)CCCC(C)CC[C@H]1[C@@H](C)CCCC1(C)C. The average Bonchev–Trinajstić information content (AvgIpc) is 2.37. The van der Waals surface area contributed by atoms with Gasteiger partial charge >= 0.3 is 0 Å². The summed E-state index contributed by atoms with van der Waals surface area (Å²) in [6, 6.07) is 0. The molecular formula is C20H38O. The summed E-state index contributed by atoms with van der Waals surface area (Å²) in [5.41, 5.74) is 1.89. The number of aliphatic hydroxyl groups is 1. The molecule has 0 aromatic rings. The van der Waals surface area contributed by atoms with Gasteiger partial charge in [0, 0.05) is 0 Å². The van der Waals surface area contributed by atoms with Gasteiger partial charge in [-0.15, -0.1) is 0 Å². The van der Waals surface area contributed by atoms with Crippen molar-refractivity contribution in [3.05, 3.63) is 11.6 Å². The van der Waals surface area contributed by atoms with Crippen LogP contribution in [0.4, 0.5) is 0 Å². The molecule has 1 N–H and O–H groups in total.